The predicted molar refractivity (Wildman–Crippen MR) is 87.5 cm³/mol. The molecule has 0 saturated carbocycles. The lowest BCUT2D eigenvalue weighted by atomic mass is 10.0. The Hall–Kier alpha value is -2.22. The van der Waals surface area contributed by atoms with Crippen molar-refractivity contribution in [1.29, 1.82) is 0 Å². The fourth-order valence-electron chi connectivity index (χ4n) is 2.71. The van der Waals surface area contributed by atoms with Crippen LogP contribution in [0.5, 0.6) is 0 Å². The molecular weight excluding hydrogens is 314 g/mol. The normalized spacial score (nSPS) is 18.3. The van der Waals surface area contributed by atoms with E-state index >= 15 is 0 Å². The third-order valence-corrected chi connectivity index (χ3v) is 4.77. The van der Waals surface area contributed by atoms with Crippen LogP contribution in [-0.4, -0.2) is 39.2 Å². The van der Waals surface area contributed by atoms with E-state index in [4.69, 9.17) is 0 Å². The van der Waals surface area contributed by atoms with Gasteiger partial charge in [-0.05, 0) is 19.3 Å². The number of thiazole rings is 1. The average molecular weight is 333 g/mol. The van der Waals surface area contributed by atoms with Crippen molar-refractivity contribution < 1.29 is 9.59 Å². The van der Waals surface area contributed by atoms with Crippen molar-refractivity contribution in [3.05, 3.63) is 28.3 Å². The summed E-state index contributed by atoms with van der Waals surface area (Å²) < 4.78 is 1.66. The molecule has 1 atom stereocenters. The first-order valence-electron chi connectivity index (χ1n) is 7.64. The molecular formula is C15H19N5O2S. The number of aryl methyl sites for hydroxylation is 2. The molecule has 23 heavy (non-hydrogen) atoms. The first-order chi connectivity index (χ1) is 11.1. The fourth-order valence-corrected chi connectivity index (χ4v) is 3.50. The number of rotatable bonds is 4. The van der Waals surface area contributed by atoms with Gasteiger partial charge in [-0.15, -0.1) is 11.3 Å². The highest BCUT2D eigenvalue weighted by Crippen LogP contribution is 2.20. The fraction of sp³-hybridized carbons (Fsp3) is 0.467. The smallest absolute Gasteiger partial charge is 0.263 e. The SMILES string of the molecule is CCc1ncsc1C(=O)NC1CCCN(c2ccn(C)n2)C1=O. The van der Waals surface area contributed by atoms with Crippen molar-refractivity contribution >= 4 is 29.0 Å². The summed E-state index contributed by atoms with van der Waals surface area (Å²) in [5, 5.41) is 7.13. The summed E-state index contributed by atoms with van der Waals surface area (Å²) in [5.41, 5.74) is 2.44. The molecule has 3 rings (SSSR count). The van der Waals surface area contributed by atoms with Crippen LogP contribution in [0.3, 0.4) is 0 Å². The monoisotopic (exact) mass is 333 g/mol. The molecule has 1 aliphatic rings. The minimum absolute atomic E-state index is 0.106. The molecule has 0 spiro atoms. The summed E-state index contributed by atoms with van der Waals surface area (Å²) in [7, 11) is 1.81. The van der Waals surface area contributed by atoms with Crippen molar-refractivity contribution in [1.82, 2.24) is 20.1 Å². The molecule has 1 aliphatic heterocycles. The van der Waals surface area contributed by atoms with E-state index in [2.05, 4.69) is 15.4 Å². The minimum atomic E-state index is -0.509. The molecule has 0 radical (unpaired) electrons. The summed E-state index contributed by atoms with van der Waals surface area (Å²) in [4.78, 5) is 31.5. The summed E-state index contributed by atoms with van der Waals surface area (Å²) in [6.45, 7) is 2.59. The number of nitrogens with one attached hydrogen (secondary N) is 1. The number of carbonyl (C=O) groups excluding carboxylic acids is 2. The van der Waals surface area contributed by atoms with Gasteiger partial charge in [0.05, 0.1) is 11.2 Å². The third kappa shape index (κ3) is 3.12. The zero-order valence-corrected chi connectivity index (χ0v) is 14.0. The van der Waals surface area contributed by atoms with Gasteiger partial charge in [-0.3, -0.25) is 19.2 Å². The maximum absolute atomic E-state index is 12.6. The molecule has 2 aromatic heterocycles. The van der Waals surface area contributed by atoms with Crippen molar-refractivity contribution in [2.24, 2.45) is 7.05 Å². The van der Waals surface area contributed by atoms with Gasteiger partial charge < -0.3 is 5.32 Å². The summed E-state index contributed by atoms with van der Waals surface area (Å²) >= 11 is 1.31. The highest BCUT2D eigenvalue weighted by Gasteiger charge is 2.32. The molecule has 2 aromatic rings. The van der Waals surface area contributed by atoms with E-state index in [1.54, 1.807) is 27.4 Å². The van der Waals surface area contributed by atoms with Crippen molar-refractivity contribution in [2.45, 2.75) is 32.2 Å². The molecule has 3 heterocycles. The molecule has 0 bridgehead atoms. The number of anilines is 1. The molecule has 1 fully saturated rings. The van der Waals surface area contributed by atoms with Gasteiger partial charge in [0.15, 0.2) is 5.82 Å². The molecule has 122 valence electrons. The first-order valence-corrected chi connectivity index (χ1v) is 8.52. The number of nitrogens with zero attached hydrogens (tertiary/aromatic N) is 4. The number of hydrogen-bond donors (Lipinski definition) is 1. The van der Waals surface area contributed by atoms with E-state index in [0.717, 1.165) is 12.1 Å². The Morgan fingerprint density at radius 1 is 1.52 bits per heavy atom. The molecule has 8 heteroatoms. The van der Waals surface area contributed by atoms with E-state index in [1.165, 1.54) is 11.3 Å². The lowest BCUT2D eigenvalue weighted by Crippen LogP contribution is -2.52. The van der Waals surface area contributed by atoms with Gasteiger partial charge in [-0.1, -0.05) is 6.92 Å². The second kappa shape index (κ2) is 6.49. The van der Waals surface area contributed by atoms with Crippen LogP contribution < -0.4 is 10.2 Å². The van der Waals surface area contributed by atoms with Gasteiger partial charge in [0, 0.05) is 25.9 Å². The standard InChI is InChI=1S/C15H19N5O2S/c1-3-10-13(23-9-16-10)14(21)17-11-5-4-7-20(15(11)22)12-6-8-19(2)18-12/h6,8-9,11H,3-5,7H2,1-2H3,(H,17,21). The van der Waals surface area contributed by atoms with E-state index in [-0.39, 0.29) is 11.8 Å². The minimum Gasteiger partial charge on any atom is -0.339 e. The van der Waals surface area contributed by atoms with Crippen LogP contribution in [0.4, 0.5) is 5.82 Å². The number of amides is 2. The predicted octanol–water partition coefficient (Wildman–Crippen LogP) is 1.36. The van der Waals surface area contributed by atoms with Crippen molar-refractivity contribution in [3.63, 3.8) is 0 Å². The van der Waals surface area contributed by atoms with Crippen molar-refractivity contribution in [3.8, 4) is 0 Å². The maximum Gasteiger partial charge on any atom is 0.263 e. The topological polar surface area (TPSA) is 80.1 Å². The van der Waals surface area contributed by atoms with Crippen LogP contribution in [-0.2, 0) is 18.3 Å². The Morgan fingerprint density at radius 2 is 2.35 bits per heavy atom. The zero-order chi connectivity index (χ0) is 16.4. The molecule has 2 amide bonds. The van der Waals surface area contributed by atoms with Crippen LogP contribution >= 0.6 is 11.3 Å². The first kappa shape index (κ1) is 15.7. The summed E-state index contributed by atoms with van der Waals surface area (Å²) in [6.07, 6.45) is 3.98. The van der Waals surface area contributed by atoms with Gasteiger partial charge >= 0.3 is 0 Å². The molecule has 7 nitrogen and oxygen atoms in total. The van der Waals surface area contributed by atoms with E-state index in [1.807, 2.05) is 14.0 Å². The Morgan fingerprint density at radius 3 is 3.04 bits per heavy atom. The Bertz CT molecular complexity index is 723. The average Bonchev–Trinajstić information content (AvgIpc) is 3.17. The summed E-state index contributed by atoms with van der Waals surface area (Å²) in [5.74, 6) is 0.305. The molecule has 1 N–H and O–H groups in total. The quantitative estimate of drug-likeness (QED) is 0.916. The van der Waals surface area contributed by atoms with Gasteiger partial charge in [-0.25, -0.2) is 4.98 Å². The highest BCUT2D eigenvalue weighted by atomic mass is 32.1. The lowest BCUT2D eigenvalue weighted by molar-refractivity contribution is -0.121. The second-order valence-corrected chi connectivity index (χ2v) is 6.34. The summed E-state index contributed by atoms with van der Waals surface area (Å²) in [6, 6.07) is 1.30. The number of aromatic nitrogens is 3. The molecule has 0 aromatic carbocycles. The van der Waals surface area contributed by atoms with E-state index in [9.17, 15) is 9.59 Å². The lowest BCUT2D eigenvalue weighted by Gasteiger charge is -2.31. The maximum atomic E-state index is 12.6. The number of hydrogen-bond acceptors (Lipinski definition) is 5. The molecule has 1 unspecified atom stereocenters. The van der Waals surface area contributed by atoms with Gasteiger partial charge in [0.25, 0.3) is 11.8 Å². The van der Waals surface area contributed by atoms with Crippen LogP contribution in [0.15, 0.2) is 17.8 Å². The van der Waals surface area contributed by atoms with Gasteiger partial charge in [-0.2, -0.15) is 5.10 Å². The van der Waals surface area contributed by atoms with Gasteiger partial charge in [0.1, 0.15) is 10.9 Å². The molecule has 1 saturated heterocycles. The van der Waals surface area contributed by atoms with Crippen LogP contribution in [0.25, 0.3) is 0 Å². The van der Waals surface area contributed by atoms with Crippen LogP contribution in [0.1, 0.15) is 35.1 Å². The number of carbonyl (C=O) groups is 2. The van der Waals surface area contributed by atoms with Crippen LogP contribution in [0, 0.1) is 0 Å². The van der Waals surface area contributed by atoms with Crippen LogP contribution in [0.2, 0.25) is 0 Å². The van der Waals surface area contributed by atoms with E-state index in [0.29, 0.717) is 30.1 Å². The third-order valence-electron chi connectivity index (χ3n) is 3.90. The highest BCUT2D eigenvalue weighted by molar-refractivity contribution is 7.11. The van der Waals surface area contributed by atoms with E-state index < -0.39 is 6.04 Å². The Kier molecular flexibility index (Phi) is 4.42. The molecule has 0 aliphatic carbocycles. The zero-order valence-electron chi connectivity index (χ0n) is 13.2. The Labute approximate surface area is 138 Å². The Balaban J connectivity index is 1.73. The largest absolute Gasteiger partial charge is 0.339 e. The van der Waals surface area contributed by atoms with Crippen molar-refractivity contribution in [2.75, 3.05) is 11.4 Å². The number of piperidine rings is 1. The second-order valence-electron chi connectivity index (χ2n) is 5.49. The van der Waals surface area contributed by atoms with Gasteiger partial charge in [0.2, 0.25) is 0 Å².